The smallest absolute Gasteiger partial charge is 0.122 e. The van der Waals surface area contributed by atoms with Crippen LogP contribution in [0.5, 0.6) is 0 Å². The highest BCUT2D eigenvalue weighted by atomic mass is 16.3. The van der Waals surface area contributed by atoms with E-state index in [0.29, 0.717) is 0 Å². The molecule has 1 aliphatic carbocycles. The Labute approximate surface area is 116 Å². The Kier molecular flexibility index (Phi) is 4.24. The van der Waals surface area contributed by atoms with Crippen LogP contribution in [-0.2, 0) is 13.1 Å². The fraction of sp³-hybridized carbons (Fsp3) is 0.750. The molecule has 3 rings (SSSR count). The lowest BCUT2D eigenvalue weighted by molar-refractivity contribution is 0.0492. The van der Waals surface area contributed by atoms with Gasteiger partial charge in [0.1, 0.15) is 5.76 Å². The molecule has 2 heterocycles. The van der Waals surface area contributed by atoms with Gasteiger partial charge in [0.15, 0.2) is 0 Å². The summed E-state index contributed by atoms with van der Waals surface area (Å²) in [6.07, 6.45) is 10.4. The summed E-state index contributed by atoms with van der Waals surface area (Å²) in [6, 6.07) is 2.92. The van der Waals surface area contributed by atoms with Crippen LogP contribution in [0.4, 0.5) is 0 Å². The molecule has 106 valence electrons. The Bertz CT molecular complexity index is 399. The SMILES string of the molecule is CNCc1ccoc1CN1CCCC2CCCCC21. The maximum Gasteiger partial charge on any atom is 0.122 e. The second-order valence-corrected chi connectivity index (χ2v) is 6.12. The molecule has 1 aliphatic heterocycles. The minimum atomic E-state index is 0.815. The molecule has 1 N–H and O–H groups in total. The van der Waals surface area contributed by atoms with Crippen LogP contribution in [0.3, 0.4) is 0 Å². The average Bonchev–Trinajstić information content (AvgIpc) is 2.87. The molecule has 0 radical (unpaired) electrons. The number of nitrogens with one attached hydrogen (secondary N) is 1. The average molecular weight is 262 g/mol. The zero-order valence-corrected chi connectivity index (χ0v) is 12.0. The predicted molar refractivity (Wildman–Crippen MR) is 76.9 cm³/mol. The monoisotopic (exact) mass is 262 g/mol. The van der Waals surface area contributed by atoms with Gasteiger partial charge >= 0.3 is 0 Å². The number of rotatable bonds is 4. The van der Waals surface area contributed by atoms with Crippen LogP contribution >= 0.6 is 0 Å². The largest absolute Gasteiger partial charge is 0.468 e. The van der Waals surface area contributed by atoms with Gasteiger partial charge in [0.2, 0.25) is 0 Å². The van der Waals surface area contributed by atoms with E-state index in [9.17, 15) is 0 Å². The maximum absolute atomic E-state index is 5.72. The van der Waals surface area contributed by atoms with Crippen molar-refractivity contribution in [2.45, 2.75) is 57.7 Å². The van der Waals surface area contributed by atoms with E-state index in [2.05, 4.69) is 16.3 Å². The summed E-state index contributed by atoms with van der Waals surface area (Å²) in [5, 5.41) is 3.23. The fourth-order valence-corrected chi connectivity index (χ4v) is 3.96. The molecule has 19 heavy (non-hydrogen) atoms. The third-order valence-corrected chi connectivity index (χ3v) is 4.91. The van der Waals surface area contributed by atoms with Gasteiger partial charge in [-0.2, -0.15) is 0 Å². The number of hydrogen-bond acceptors (Lipinski definition) is 3. The quantitative estimate of drug-likeness (QED) is 0.903. The lowest BCUT2D eigenvalue weighted by atomic mass is 9.78. The number of fused-ring (bicyclic) bond motifs is 1. The third-order valence-electron chi connectivity index (χ3n) is 4.91. The van der Waals surface area contributed by atoms with Crippen molar-refractivity contribution in [1.82, 2.24) is 10.2 Å². The van der Waals surface area contributed by atoms with Crippen molar-refractivity contribution in [2.24, 2.45) is 5.92 Å². The number of furan rings is 1. The molecule has 0 bridgehead atoms. The van der Waals surface area contributed by atoms with E-state index in [1.54, 1.807) is 0 Å². The minimum Gasteiger partial charge on any atom is -0.468 e. The van der Waals surface area contributed by atoms with E-state index in [0.717, 1.165) is 25.0 Å². The lowest BCUT2D eigenvalue weighted by Crippen LogP contribution is -2.46. The van der Waals surface area contributed by atoms with Gasteiger partial charge in [-0.3, -0.25) is 4.90 Å². The van der Waals surface area contributed by atoms with Gasteiger partial charge in [0.25, 0.3) is 0 Å². The van der Waals surface area contributed by atoms with Gasteiger partial charge in [-0.1, -0.05) is 12.8 Å². The van der Waals surface area contributed by atoms with E-state index in [-0.39, 0.29) is 0 Å². The molecule has 1 aromatic heterocycles. The van der Waals surface area contributed by atoms with Crippen LogP contribution in [0.1, 0.15) is 49.8 Å². The summed E-state index contributed by atoms with van der Waals surface area (Å²) in [5.74, 6) is 2.12. The Morgan fingerprint density at radius 2 is 2.11 bits per heavy atom. The second-order valence-electron chi connectivity index (χ2n) is 6.12. The first kappa shape index (κ1) is 13.2. The lowest BCUT2D eigenvalue weighted by Gasteiger charge is -2.44. The number of likely N-dealkylation sites (tertiary alicyclic amines) is 1. The Balaban J connectivity index is 1.69. The summed E-state index contributed by atoms with van der Waals surface area (Å²) >= 11 is 0. The molecule has 1 aromatic rings. The molecule has 0 aromatic carbocycles. The summed E-state index contributed by atoms with van der Waals surface area (Å²) in [5.41, 5.74) is 1.32. The first-order valence-electron chi connectivity index (χ1n) is 7.82. The first-order chi connectivity index (χ1) is 9.38. The third kappa shape index (κ3) is 2.87. The summed E-state index contributed by atoms with van der Waals surface area (Å²) in [7, 11) is 1.99. The van der Waals surface area contributed by atoms with E-state index < -0.39 is 0 Å². The van der Waals surface area contributed by atoms with Crippen molar-refractivity contribution in [3.05, 3.63) is 23.7 Å². The standard InChI is InChI=1S/C16H26N2O/c1-17-11-14-8-10-19-16(14)12-18-9-4-6-13-5-2-3-7-15(13)18/h8,10,13,15,17H,2-7,9,11-12H2,1H3. The molecular weight excluding hydrogens is 236 g/mol. The topological polar surface area (TPSA) is 28.4 Å². The zero-order chi connectivity index (χ0) is 13.1. The fourth-order valence-electron chi connectivity index (χ4n) is 3.96. The van der Waals surface area contributed by atoms with E-state index >= 15 is 0 Å². The molecule has 2 aliphatic rings. The highest BCUT2D eigenvalue weighted by Gasteiger charge is 2.33. The Morgan fingerprint density at radius 1 is 1.26 bits per heavy atom. The molecule has 0 amide bonds. The first-order valence-corrected chi connectivity index (χ1v) is 7.82. The van der Waals surface area contributed by atoms with Gasteiger partial charge in [0.05, 0.1) is 12.8 Å². The van der Waals surface area contributed by atoms with Crippen LogP contribution in [0.2, 0.25) is 0 Å². The maximum atomic E-state index is 5.72. The van der Waals surface area contributed by atoms with Crippen molar-refractivity contribution in [1.29, 1.82) is 0 Å². The van der Waals surface area contributed by atoms with E-state index in [1.807, 2.05) is 13.3 Å². The van der Waals surface area contributed by atoms with Crippen molar-refractivity contribution < 1.29 is 4.42 Å². The molecule has 2 unspecified atom stereocenters. The van der Waals surface area contributed by atoms with E-state index in [1.165, 1.54) is 56.4 Å². The van der Waals surface area contributed by atoms with Gasteiger partial charge in [-0.25, -0.2) is 0 Å². The normalized spacial score (nSPS) is 28.3. The van der Waals surface area contributed by atoms with Crippen molar-refractivity contribution >= 4 is 0 Å². The molecule has 3 nitrogen and oxygen atoms in total. The van der Waals surface area contributed by atoms with Gasteiger partial charge in [-0.15, -0.1) is 0 Å². The van der Waals surface area contributed by atoms with Crippen molar-refractivity contribution in [2.75, 3.05) is 13.6 Å². The molecular formula is C16H26N2O. The summed E-state index contributed by atoms with van der Waals surface area (Å²) in [4.78, 5) is 2.69. The minimum absolute atomic E-state index is 0.815. The van der Waals surface area contributed by atoms with Gasteiger partial charge in [0, 0.05) is 18.2 Å². The van der Waals surface area contributed by atoms with Gasteiger partial charge in [-0.05, 0) is 51.3 Å². The number of piperidine rings is 1. The molecule has 2 fully saturated rings. The van der Waals surface area contributed by atoms with Crippen LogP contribution in [0, 0.1) is 5.92 Å². The predicted octanol–water partition coefficient (Wildman–Crippen LogP) is 3.15. The highest BCUT2D eigenvalue weighted by Crippen LogP contribution is 2.36. The van der Waals surface area contributed by atoms with Crippen LogP contribution in [-0.4, -0.2) is 24.5 Å². The summed E-state index contributed by atoms with van der Waals surface area (Å²) in [6.45, 7) is 3.17. The van der Waals surface area contributed by atoms with Crippen molar-refractivity contribution in [3.63, 3.8) is 0 Å². The summed E-state index contributed by atoms with van der Waals surface area (Å²) < 4.78 is 5.72. The van der Waals surface area contributed by atoms with E-state index in [4.69, 9.17) is 4.42 Å². The molecule has 3 heteroatoms. The molecule has 1 saturated carbocycles. The molecule has 0 spiro atoms. The van der Waals surface area contributed by atoms with Gasteiger partial charge < -0.3 is 9.73 Å². The number of nitrogens with zero attached hydrogens (tertiary/aromatic N) is 1. The second kappa shape index (κ2) is 6.10. The van der Waals surface area contributed by atoms with Crippen LogP contribution in [0.25, 0.3) is 0 Å². The Hall–Kier alpha value is -0.800. The van der Waals surface area contributed by atoms with Crippen LogP contribution in [0.15, 0.2) is 16.7 Å². The van der Waals surface area contributed by atoms with Crippen molar-refractivity contribution in [3.8, 4) is 0 Å². The van der Waals surface area contributed by atoms with Crippen LogP contribution < -0.4 is 5.32 Å². The highest BCUT2D eigenvalue weighted by molar-refractivity contribution is 5.17. The number of hydrogen-bond donors (Lipinski definition) is 1. The Morgan fingerprint density at radius 3 is 3.00 bits per heavy atom. The molecule has 1 saturated heterocycles. The zero-order valence-electron chi connectivity index (χ0n) is 12.0. The molecule has 2 atom stereocenters.